The van der Waals surface area contributed by atoms with E-state index in [4.69, 9.17) is 0 Å². The molecule has 1 nitrogen and oxygen atoms in total. The molecule has 0 radical (unpaired) electrons. The van der Waals surface area contributed by atoms with E-state index in [0.29, 0.717) is 12.0 Å². The van der Waals surface area contributed by atoms with Gasteiger partial charge in [0.2, 0.25) is 0 Å². The van der Waals surface area contributed by atoms with E-state index >= 15 is 0 Å². The monoisotopic (exact) mass is 239 g/mol. The van der Waals surface area contributed by atoms with Gasteiger partial charge < -0.3 is 5.32 Å². The molecule has 0 aliphatic rings. The zero-order valence-electron chi connectivity index (χ0n) is 11.1. The molecule has 0 amide bonds. The lowest BCUT2D eigenvalue weighted by molar-refractivity contribution is 0.537. The minimum Gasteiger partial charge on any atom is -0.310 e. The Labute approximate surface area is 110 Å². The second kappa shape index (κ2) is 6.36. The average Bonchev–Trinajstić information content (AvgIpc) is 2.46. The molecule has 0 saturated heterocycles. The van der Waals surface area contributed by atoms with E-state index < -0.39 is 0 Å². The fourth-order valence-corrected chi connectivity index (χ4v) is 2.11. The van der Waals surface area contributed by atoms with Crippen LogP contribution in [-0.4, -0.2) is 6.54 Å². The minimum absolute atomic E-state index is 0.400. The summed E-state index contributed by atoms with van der Waals surface area (Å²) < 4.78 is 0. The summed E-state index contributed by atoms with van der Waals surface area (Å²) in [5.74, 6) is 0.539. The molecular formula is C17H21N. The number of hydrogen-bond donors (Lipinski definition) is 1. The lowest BCUT2D eigenvalue weighted by atomic mass is 10.0. The van der Waals surface area contributed by atoms with Crippen LogP contribution in [0.25, 0.3) is 0 Å². The second-order valence-corrected chi connectivity index (χ2v) is 4.85. The Bertz CT molecular complexity index is 404. The molecule has 2 atom stereocenters. The highest BCUT2D eigenvalue weighted by Gasteiger charge is 2.08. The normalized spacial score (nSPS) is 14.1. The average molecular weight is 239 g/mol. The summed E-state index contributed by atoms with van der Waals surface area (Å²) in [7, 11) is 0. The third kappa shape index (κ3) is 3.44. The zero-order valence-corrected chi connectivity index (χ0v) is 11.1. The van der Waals surface area contributed by atoms with Gasteiger partial charge in [0.15, 0.2) is 0 Å². The molecule has 94 valence electrons. The van der Waals surface area contributed by atoms with Gasteiger partial charge in [0.25, 0.3) is 0 Å². The van der Waals surface area contributed by atoms with Gasteiger partial charge >= 0.3 is 0 Å². The molecule has 18 heavy (non-hydrogen) atoms. The van der Waals surface area contributed by atoms with Crippen LogP contribution in [-0.2, 0) is 0 Å². The largest absolute Gasteiger partial charge is 0.310 e. The predicted molar refractivity (Wildman–Crippen MR) is 77.7 cm³/mol. The molecule has 0 heterocycles. The first kappa shape index (κ1) is 12.8. The number of benzene rings is 2. The van der Waals surface area contributed by atoms with Crippen LogP contribution in [0.2, 0.25) is 0 Å². The standard InChI is InChI=1S/C17H21N/c1-14(16-9-5-3-6-10-16)13-18-15(2)17-11-7-4-8-12-17/h3-12,14-15,18H,13H2,1-2H3/t14-,15+/m0/s1. The highest BCUT2D eigenvalue weighted by atomic mass is 14.9. The van der Waals surface area contributed by atoms with Gasteiger partial charge in [0, 0.05) is 12.6 Å². The highest BCUT2D eigenvalue weighted by molar-refractivity contribution is 5.20. The molecule has 0 fully saturated rings. The minimum atomic E-state index is 0.400. The molecule has 0 spiro atoms. The first-order valence-electron chi connectivity index (χ1n) is 6.60. The van der Waals surface area contributed by atoms with Crippen LogP contribution in [0.3, 0.4) is 0 Å². The summed E-state index contributed by atoms with van der Waals surface area (Å²) in [5.41, 5.74) is 2.74. The van der Waals surface area contributed by atoms with Crippen molar-refractivity contribution in [2.45, 2.75) is 25.8 Å². The smallest absolute Gasteiger partial charge is 0.0292 e. The topological polar surface area (TPSA) is 12.0 Å². The summed E-state index contributed by atoms with van der Waals surface area (Å²) in [4.78, 5) is 0. The lowest BCUT2D eigenvalue weighted by Crippen LogP contribution is -2.23. The first-order chi connectivity index (χ1) is 8.77. The molecule has 2 rings (SSSR count). The fourth-order valence-electron chi connectivity index (χ4n) is 2.11. The van der Waals surface area contributed by atoms with Crippen molar-refractivity contribution in [3.63, 3.8) is 0 Å². The van der Waals surface area contributed by atoms with Crippen LogP contribution in [0, 0.1) is 0 Å². The van der Waals surface area contributed by atoms with Gasteiger partial charge in [-0.05, 0) is 24.0 Å². The summed E-state index contributed by atoms with van der Waals surface area (Å²) in [6, 6.07) is 21.6. The van der Waals surface area contributed by atoms with Crippen molar-refractivity contribution < 1.29 is 0 Å². The molecule has 0 aromatic heterocycles. The van der Waals surface area contributed by atoms with Crippen LogP contribution in [0.5, 0.6) is 0 Å². The van der Waals surface area contributed by atoms with E-state index in [9.17, 15) is 0 Å². The summed E-state index contributed by atoms with van der Waals surface area (Å²) in [6.45, 7) is 5.48. The van der Waals surface area contributed by atoms with E-state index in [1.807, 2.05) is 0 Å². The van der Waals surface area contributed by atoms with Crippen LogP contribution < -0.4 is 5.32 Å². The fraction of sp³-hybridized carbons (Fsp3) is 0.294. The van der Waals surface area contributed by atoms with Crippen LogP contribution in [0.1, 0.15) is 36.9 Å². The Morgan fingerprint density at radius 3 is 1.83 bits per heavy atom. The van der Waals surface area contributed by atoms with E-state index in [2.05, 4.69) is 79.8 Å². The first-order valence-corrected chi connectivity index (χ1v) is 6.60. The maximum absolute atomic E-state index is 3.60. The van der Waals surface area contributed by atoms with Crippen molar-refractivity contribution in [2.24, 2.45) is 0 Å². The SMILES string of the molecule is C[C@@H](CN[C@H](C)c1ccccc1)c1ccccc1. The van der Waals surface area contributed by atoms with Crippen LogP contribution >= 0.6 is 0 Å². The van der Waals surface area contributed by atoms with E-state index in [1.165, 1.54) is 11.1 Å². The summed E-state index contributed by atoms with van der Waals surface area (Å²) in [6.07, 6.45) is 0. The quantitative estimate of drug-likeness (QED) is 0.827. The number of rotatable bonds is 5. The van der Waals surface area contributed by atoms with E-state index in [0.717, 1.165) is 6.54 Å². The molecule has 1 heteroatoms. The lowest BCUT2D eigenvalue weighted by Gasteiger charge is -2.18. The Kier molecular flexibility index (Phi) is 4.54. The number of nitrogens with one attached hydrogen (secondary N) is 1. The van der Waals surface area contributed by atoms with Crippen LogP contribution in [0.4, 0.5) is 0 Å². The molecule has 2 aromatic rings. The summed E-state index contributed by atoms with van der Waals surface area (Å²) in [5, 5.41) is 3.60. The van der Waals surface area contributed by atoms with Gasteiger partial charge in [-0.2, -0.15) is 0 Å². The Morgan fingerprint density at radius 1 is 0.778 bits per heavy atom. The molecule has 1 N–H and O–H groups in total. The van der Waals surface area contributed by atoms with E-state index in [-0.39, 0.29) is 0 Å². The third-order valence-electron chi connectivity index (χ3n) is 3.40. The van der Waals surface area contributed by atoms with Gasteiger partial charge in [-0.15, -0.1) is 0 Å². The van der Waals surface area contributed by atoms with Crippen molar-refractivity contribution >= 4 is 0 Å². The van der Waals surface area contributed by atoms with Crippen molar-refractivity contribution in [3.8, 4) is 0 Å². The predicted octanol–water partition coefficient (Wildman–Crippen LogP) is 4.14. The number of hydrogen-bond acceptors (Lipinski definition) is 1. The van der Waals surface area contributed by atoms with Crippen molar-refractivity contribution in [1.82, 2.24) is 5.32 Å². The van der Waals surface area contributed by atoms with Gasteiger partial charge in [-0.1, -0.05) is 67.6 Å². The third-order valence-corrected chi connectivity index (χ3v) is 3.40. The van der Waals surface area contributed by atoms with Gasteiger partial charge in [-0.3, -0.25) is 0 Å². The Balaban J connectivity index is 1.89. The van der Waals surface area contributed by atoms with E-state index in [1.54, 1.807) is 0 Å². The van der Waals surface area contributed by atoms with Crippen molar-refractivity contribution in [3.05, 3.63) is 71.8 Å². The molecule has 0 aliphatic carbocycles. The van der Waals surface area contributed by atoms with Crippen molar-refractivity contribution in [2.75, 3.05) is 6.54 Å². The highest BCUT2D eigenvalue weighted by Crippen LogP contribution is 2.16. The maximum atomic E-state index is 3.60. The molecule has 0 saturated carbocycles. The maximum Gasteiger partial charge on any atom is 0.0292 e. The zero-order chi connectivity index (χ0) is 12.8. The molecule has 0 unspecified atom stereocenters. The van der Waals surface area contributed by atoms with Gasteiger partial charge in [0.05, 0.1) is 0 Å². The van der Waals surface area contributed by atoms with Crippen molar-refractivity contribution in [1.29, 1.82) is 0 Å². The summed E-state index contributed by atoms with van der Waals surface area (Å²) >= 11 is 0. The molecule has 0 aliphatic heterocycles. The molecule has 2 aromatic carbocycles. The Morgan fingerprint density at radius 2 is 1.28 bits per heavy atom. The second-order valence-electron chi connectivity index (χ2n) is 4.85. The van der Waals surface area contributed by atoms with Gasteiger partial charge in [0.1, 0.15) is 0 Å². The Hall–Kier alpha value is -1.60. The van der Waals surface area contributed by atoms with Gasteiger partial charge in [-0.25, -0.2) is 0 Å². The van der Waals surface area contributed by atoms with Crippen LogP contribution in [0.15, 0.2) is 60.7 Å². The molecule has 0 bridgehead atoms. The molecular weight excluding hydrogens is 218 g/mol.